The van der Waals surface area contributed by atoms with Gasteiger partial charge in [0.2, 0.25) is 0 Å². The molecule has 6 nitrogen and oxygen atoms in total. The molecule has 150 valence electrons. The smallest absolute Gasteiger partial charge is 0.335 e. The van der Waals surface area contributed by atoms with E-state index in [1.807, 2.05) is 38.4 Å². The number of barbiturate groups is 1. The molecule has 4 amide bonds. The summed E-state index contributed by atoms with van der Waals surface area (Å²) in [5.74, 6) is -1.26. The molecule has 0 spiro atoms. The van der Waals surface area contributed by atoms with Crippen LogP contribution in [0.5, 0.6) is 0 Å². The fourth-order valence-electron chi connectivity index (χ4n) is 4.26. The van der Waals surface area contributed by atoms with Crippen LogP contribution in [0.4, 0.5) is 10.5 Å². The second-order valence-electron chi connectivity index (χ2n) is 7.99. The Kier molecular flexibility index (Phi) is 5.09. The number of hydrogen-bond donors (Lipinski definition) is 1. The molecule has 0 atom stereocenters. The van der Waals surface area contributed by atoms with E-state index in [-0.39, 0.29) is 5.57 Å². The van der Waals surface area contributed by atoms with Crippen molar-refractivity contribution in [1.82, 2.24) is 9.88 Å². The zero-order chi connectivity index (χ0) is 20.5. The van der Waals surface area contributed by atoms with Crippen molar-refractivity contribution in [2.45, 2.75) is 52.0 Å². The fraction of sp³-hybridized carbons (Fsp3) is 0.348. The normalized spacial score (nSPS) is 19.7. The number of carbonyl (C=O) groups is 3. The summed E-state index contributed by atoms with van der Waals surface area (Å²) in [6.45, 7) is 3.80. The maximum absolute atomic E-state index is 13.1. The molecule has 2 heterocycles. The number of imide groups is 2. The van der Waals surface area contributed by atoms with E-state index in [0.717, 1.165) is 34.4 Å². The third-order valence-corrected chi connectivity index (χ3v) is 5.61. The molecule has 1 aromatic heterocycles. The summed E-state index contributed by atoms with van der Waals surface area (Å²) < 4.78 is 2.17. The minimum Gasteiger partial charge on any atom is -0.351 e. The number of rotatable bonds is 3. The highest BCUT2D eigenvalue weighted by molar-refractivity contribution is 6.39. The molecule has 2 fully saturated rings. The average Bonchev–Trinajstić information content (AvgIpc) is 3.14. The maximum atomic E-state index is 13.1. The van der Waals surface area contributed by atoms with Crippen LogP contribution < -0.4 is 10.2 Å². The van der Waals surface area contributed by atoms with Crippen LogP contribution in [0.15, 0.2) is 42.2 Å². The summed E-state index contributed by atoms with van der Waals surface area (Å²) in [6, 6.07) is 7.14. The van der Waals surface area contributed by atoms with Crippen LogP contribution in [0.3, 0.4) is 0 Å². The molecule has 4 rings (SSSR count). The highest BCUT2D eigenvalue weighted by atomic mass is 16.2. The van der Waals surface area contributed by atoms with Gasteiger partial charge in [0.25, 0.3) is 11.8 Å². The molecule has 29 heavy (non-hydrogen) atoms. The van der Waals surface area contributed by atoms with E-state index in [4.69, 9.17) is 0 Å². The Bertz CT molecular complexity index is 992. The molecule has 1 aliphatic carbocycles. The Morgan fingerprint density at radius 1 is 1.00 bits per heavy atom. The van der Waals surface area contributed by atoms with Crippen molar-refractivity contribution in [1.29, 1.82) is 0 Å². The summed E-state index contributed by atoms with van der Waals surface area (Å²) in [4.78, 5) is 38.9. The van der Waals surface area contributed by atoms with E-state index < -0.39 is 17.8 Å². The van der Waals surface area contributed by atoms with E-state index >= 15 is 0 Å². The Morgan fingerprint density at radius 3 is 2.38 bits per heavy atom. The van der Waals surface area contributed by atoms with Crippen molar-refractivity contribution in [3.63, 3.8) is 0 Å². The molecular formula is C23H25N3O3. The summed E-state index contributed by atoms with van der Waals surface area (Å²) in [6.07, 6.45) is 11.6. The zero-order valence-corrected chi connectivity index (χ0v) is 16.8. The molecule has 0 radical (unpaired) electrons. The summed E-state index contributed by atoms with van der Waals surface area (Å²) in [7, 11) is 0. The largest absolute Gasteiger partial charge is 0.351 e. The number of nitrogens with one attached hydrogen (secondary N) is 1. The first kappa shape index (κ1) is 19.2. The van der Waals surface area contributed by atoms with Crippen molar-refractivity contribution in [2.24, 2.45) is 0 Å². The Morgan fingerprint density at radius 2 is 1.69 bits per heavy atom. The van der Waals surface area contributed by atoms with Crippen molar-refractivity contribution in [2.75, 3.05) is 4.90 Å². The van der Waals surface area contributed by atoms with Crippen LogP contribution in [-0.4, -0.2) is 22.4 Å². The molecular weight excluding hydrogens is 366 g/mol. The number of anilines is 1. The van der Waals surface area contributed by atoms with Crippen LogP contribution >= 0.6 is 0 Å². The Balaban J connectivity index is 1.64. The van der Waals surface area contributed by atoms with Gasteiger partial charge in [-0.05, 0) is 67.7 Å². The lowest BCUT2D eigenvalue weighted by molar-refractivity contribution is -0.122. The van der Waals surface area contributed by atoms with Crippen LogP contribution in [0.25, 0.3) is 6.08 Å². The van der Waals surface area contributed by atoms with Crippen LogP contribution in [-0.2, 0) is 9.59 Å². The lowest BCUT2D eigenvalue weighted by Gasteiger charge is -2.27. The van der Waals surface area contributed by atoms with E-state index in [2.05, 4.69) is 9.88 Å². The molecule has 0 unspecified atom stereocenters. The fourth-order valence-corrected chi connectivity index (χ4v) is 4.26. The first-order chi connectivity index (χ1) is 13.9. The van der Waals surface area contributed by atoms with Gasteiger partial charge in [-0.3, -0.25) is 14.9 Å². The van der Waals surface area contributed by atoms with Gasteiger partial charge in [-0.15, -0.1) is 0 Å². The van der Waals surface area contributed by atoms with Gasteiger partial charge >= 0.3 is 6.03 Å². The predicted octanol–water partition coefficient (Wildman–Crippen LogP) is 4.28. The highest BCUT2D eigenvalue weighted by Gasteiger charge is 2.37. The molecule has 1 saturated carbocycles. The first-order valence-corrected chi connectivity index (χ1v) is 10.1. The highest BCUT2D eigenvalue weighted by Crippen LogP contribution is 2.29. The van der Waals surface area contributed by atoms with E-state index in [1.165, 1.54) is 19.3 Å². The van der Waals surface area contributed by atoms with Crippen LogP contribution in [0.2, 0.25) is 0 Å². The third kappa shape index (κ3) is 3.88. The number of nitrogens with zero attached hydrogens (tertiary/aromatic N) is 2. The van der Waals surface area contributed by atoms with E-state index in [0.29, 0.717) is 11.7 Å². The van der Waals surface area contributed by atoms with Crippen LogP contribution in [0.1, 0.15) is 54.8 Å². The lowest BCUT2D eigenvalue weighted by atomic mass is 9.95. The summed E-state index contributed by atoms with van der Waals surface area (Å²) in [5, 5.41) is 2.29. The van der Waals surface area contributed by atoms with Crippen molar-refractivity contribution in [3.8, 4) is 0 Å². The molecule has 2 aliphatic rings. The lowest BCUT2D eigenvalue weighted by Crippen LogP contribution is -2.54. The maximum Gasteiger partial charge on any atom is 0.335 e. The van der Waals surface area contributed by atoms with Gasteiger partial charge < -0.3 is 4.57 Å². The van der Waals surface area contributed by atoms with Crippen LogP contribution in [0, 0.1) is 13.8 Å². The zero-order valence-electron chi connectivity index (χ0n) is 16.8. The van der Waals surface area contributed by atoms with Gasteiger partial charge in [-0.2, -0.15) is 0 Å². The predicted molar refractivity (Wildman–Crippen MR) is 111 cm³/mol. The summed E-state index contributed by atoms with van der Waals surface area (Å²) >= 11 is 0. The number of aromatic nitrogens is 1. The van der Waals surface area contributed by atoms with E-state index in [1.54, 1.807) is 18.2 Å². The Labute approximate surface area is 170 Å². The molecule has 1 aliphatic heterocycles. The average molecular weight is 391 g/mol. The number of benzene rings is 1. The van der Waals surface area contributed by atoms with E-state index in [9.17, 15) is 14.4 Å². The van der Waals surface area contributed by atoms with Gasteiger partial charge in [0.05, 0.1) is 5.69 Å². The second kappa shape index (κ2) is 7.70. The topological polar surface area (TPSA) is 71.4 Å². The molecule has 0 bridgehead atoms. The Hall–Kier alpha value is -3.15. The van der Waals surface area contributed by atoms with Gasteiger partial charge in [0, 0.05) is 18.4 Å². The molecule has 1 saturated heterocycles. The standard InChI is InChI=1S/C23H25N3O3/c1-15-10-16(2)12-19(11-15)26-22(28)20(21(27)24-23(26)29)13-17-8-9-25(14-17)18-6-4-3-5-7-18/h8-14,18H,3-7H2,1-2H3,(H,24,27,29)/b20-13-. The SMILES string of the molecule is Cc1cc(C)cc(N2C(=O)NC(=O)/C(=C/c3ccn(C4CCCCC4)c3)C2=O)c1. The number of carbonyl (C=O) groups excluding carboxylic acids is 3. The number of urea groups is 1. The quantitative estimate of drug-likeness (QED) is 0.627. The van der Waals surface area contributed by atoms with Crippen molar-refractivity contribution in [3.05, 3.63) is 58.9 Å². The van der Waals surface area contributed by atoms with Crippen molar-refractivity contribution < 1.29 is 14.4 Å². The monoisotopic (exact) mass is 391 g/mol. The van der Waals surface area contributed by atoms with Crippen molar-refractivity contribution >= 4 is 29.6 Å². The van der Waals surface area contributed by atoms with Gasteiger partial charge in [0.15, 0.2) is 0 Å². The number of hydrogen-bond acceptors (Lipinski definition) is 3. The molecule has 1 aromatic carbocycles. The molecule has 6 heteroatoms. The number of amides is 4. The molecule has 2 aromatic rings. The third-order valence-electron chi connectivity index (χ3n) is 5.61. The molecule has 1 N–H and O–H groups in total. The number of aryl methyl sites for hydroxylation is 2. The first-order valence-electron chi connectivity index (χ1n) is 10.1. The summed E-state index contributed by atoms with van der Waals surface area (Å²) in [5.41, 5.74) is 3.08. The van der Waals surface area contributed by atoms with Gasteiger partial charge in [-0.1, -0.05) is 25.3 Å². The minimum atomic E-state index is -0.720. The second-order valence-corrected chi connectivity index (χ2v) is 7.99. The minimum absolute atomic E-state index is 0.0369. The van der Waals surface area contributed by atoms with Gasteiger partial charge in [-0.25, -0.2) is 9.69 Å². The van der Waals surface area contributed by atoms with Gasteiger partial charge in [0.1, 0.15) is 5.57 Å².